The average Bonchev–Trinajstić information content (AvgIpc) is 3.26. The highest BCUT2D eigenvalue weighted by atomic mass is 32.2. The summed E-state index contributed by atoms with van der Waals surface area (Å²) in [6.45, 7) is 2.68. The zero-order valence-corrected chi connectivity index (χ0v) is 15.1. The number of carbonyl (C=O) groups is 1. The van der Waals surface area contributed by atoms with Gasteiger partial charge in [-0.1, -0.05) is 6.07 Å². The van der Waals surface area contributed by atoms with Crippen LogP contribution in [0.1, 0.15) is 20.9 Å². The molecule has 0 bridgehead atoms. The van der Waals surface area contributed by atoms with Crippen LogP contribution in [0, 0.1) is 6.92 Å². The van der Waals surface area contributed by atoms with Gasteiger partial charge in [0.05, 0.1) is 5.69 Å². The molecular formula is C18H19N3OS2. The summed E-state index contributed by atoms with van der Waals surface area (Å²) >= 11 is 3.60. The number of thiophene rings is 1. The molecule has 0 spiro atoms. The average molecular weight is 358 g/mol. The lowest BCUT2D eigenvalue weighted by Crippen LogP contribution is -2.25. The summed E-state index contributed by atoms with van der Waals surface area (Å²) in [5.41, 5.74) is 2.70. The lowest BCUT2D eigenvalue weighted by atomic mass is 10.2. The van der Waals surface area contributed by atoms with Gasteiger partial charge in [0.15, 0.2) is 0 Å². The van der Waals surface area contributed by atoms with Crippen LogP contribution >= 0.6 is 23.1 Å². The lowest BCUT2D eigenvalue weighted by molar-refractivity contribution is 0.0956. The highest BCUT2D eigenvalue weighted by Gasteiger charge is 2.06. The first-order valence-corrected chi connectivity index (χ1v) is 9.77. The summed E-state index contributed by atoms with van der Waals surface area (Å²) in [7, 11) is 0. The van der Waals surface area contributed by atoms with E-state index in [1.165, 1.54) is 4.88 Å². The van der Waals surface area contributed by atoms with Crippen molar-refractivity contribution in [3.63, 3.8) is 0 Å². The van der Waals surface area contributed by atoms with Gasteiger partial charge in [0.1, 0.15) is 0 Å². The van der Waals surface area contributed by atoms with Gasteiger partial charge < -0.3 is 5.32 Å². The van der Waals surface area contributed by atoms with Gasteiger partial charge in [0.25, 0.3) is 5.91 Å². The normalized spacial score (nSPS) is 10.7. The first-order valence-electron chi connectivity index (χ1n) is 7.73. The largest absolute Gasteiger partial charge is 0.351 e. The van der Waals surface area contributed by atoms with E-state index in [1.54, 1.807) is 17.5 Å². The Labute approximate surface area is 149 Å². The van der Waals surface area contributed by atoms with E-state index in [2.05, 4.69) is 27.9 Å². The van der Waals surface area contributed by atoms with E-state index in [4.69, 9.17) is 0 Å². The SMILES string of the molecule is Cc1ccnn1-c1ccc(C(=O)NCCSCc2cccs2)cc1. The van der Waals surface area contributed by atoms with E-state index in [-0.39, 0.29) is 5.91 Å². The van der Waals surface area contributed by atoms with Crippen molar-refractivity contribution in [1.82, 2.24) is 15.1 Å². The molecule has 0 radical (unpaired) electrons. The minimum absolute atomic E-state index is 0.0320. The van der Waals surface area contributed by atoms with Gasteiger partial charge in [0, 0.05) is 40.4 Å². The monoisotopic (exact) mass is 357 g/mol. The van der Waals surface area contributed by atoms with E-state index in [0.717, 1.165) is 22.9 Å². The van der Waals surface area contributed by atoms with Crippen molar-refractivity contribution < 1.29 is 4.79 Å². The van der Waals surface area contributed by atoms with Crippen molar-refractivity contribution in [2.45, 2.75) is 12.7 Å². The van der Waals surface area contributed by atoms with E-state index in [9.17, 15) is 4.79 Å². The van der Waals surface area contributed by atoms with Gasteiger partial charge in [-0.25, -0.2) is 4.68 Å². The second-order valence-electron chi connectivity index (χ2n) is 5.32. The highest BCUT2D eigenvalue weighted by Crippen LogP contribution is 2.16. The fourth-order valence-electron chi connectivity index (χ4n) is 2.30. The Hall–Kier alpha value is -2.05. The van der Waals surface area contributed by atoms with Crippen molar-refractivity contribution >= 4 is 29.0 Å². The molecule has 0 atom stereocenters. The Morgan fingerprint density at radius 1 is 1.25 bits per heavy atom. The third-order valence-electron chi connectivity index (χ3n) is 3.56. The van der Waals surface area contributed by atoms with Crippen LogP contribution in [0.15, 0.2) is 54.0 Å². The zero-order chi connectivity index (χ0) is 16.8. The Balaban J connectivity index is 1.46. The molecule has 4 nitrogen and oxygen atoms in total. The van der Waals surface area contributed by atoms with Crippen LogP contribution in [-0.2, 0) is 5.75 Å². The second kappa shape index (κ2) is 8.17. The Kier molecular flexibility index (Phi) is 5.72. The number of rotatable bonds is 7. The first-order chi connectivity index (χ1) is 11.7. The summed E-state index contributed by atoms with van der Waals surface area (Å²) in [6.07, 6.45) is 1.77. The second-order valence-corrected chi connectivity index (χ2v) is 7.46. The molecule has 6 heteroatoms. The standard InChI is InChI=1S/C18H19N3OS2/c1-14-8-9-20-21(14)16-6-4-15(5-7-16)18(22)19-10-12-23-13-17-3-2-11-24-17/h2-9,11H,10,12-13H2,1H3,(H,19,22). The van der Waals surface area contributed by atoms with Crippen LogP contribution in [-0.4, -0.2) is 28.0 Å². The van der Waals surface area contributed by atoms with Crippen LogP contribution < -0.4 is 5.32 Å². The molecule has 0 unspecified atom stereocenters. The molecule has 2 aromatic heterocycles. The summed E-state index contributed by atoms with van der Waals surface area (Å²) in [5.74, 6) is 1.88. The fourth-order valence-corrected chi connectivity index (χ4v) is 4.00. The molecule has 1 N–H and O–H groups in total. The number of amides is 1. The number of benzene rings is 1. The molecule has 24 heavy (non-hydrogen) atoms. The molecule has 1 aromatic carbocycles. The number of hydrogen-bond donors (Lipinski definition) is 1. The number of nitrogens with zero attached hydrogens (tertiary/aromatic N) is 2. The third kappa shape index (κ3) is 4.27. The molecule has 0 aliphatic rings. The van der Waals surface area contributed by atoms with Gasteiger partial charge >= 0.3 is 0 Å². The molecule has 0 saturated heterocycles. The summed E-state index contributed by atoms with van der Waals surface area (Å²) in [4.78, 5) is 13.5. The lowest BCUT2D eigenvalue weighted by Gasteiger charge is -2.07. The quantitative estimate of drug-likeness (QED) is 0.652. The molecular weight excluding hydrogens is 338 g/mol. The number of thioether (sulfide) groups is 1. The Morgan fingerprint density at radius 3 is 2.75 bits per heavy atom. The first kappa shape index (κ1) is 16.8. The predicted octanol–water partition coefficient (Wildman–Crippen LogP) is 3.91. The van der Waals surface area contributed by atoms with Gasteiger partial charge in [-0.15, -0.1) is 11.3 Å². The predicted molar refractivity (Wildman–Crippen MR) is 101 cm³/mol. The molecule has 3 aromatic rings. The topological polar surface area (TPSA) is 46.9 Å². The van der Waals surface area contributed by atoms with Crippen molar-refractivity contribution in [3.8, 4) is 5.69 Å². The summed E-state index contributed by atoms with van der Waals surface area (Å²) < 4.78 is 1.85. The van der Waals surface area contributed by atoms with Crippen LogP contribution in [0.5, 0.6) is 0 Å². The summed E-state index contributed by atoms with van der Waals surface area (Å²) in [5, 5.41) is 9.32. The van der Waals surface area contributed by atoms with Gasteiger partial charge in [-0.3, -0.25) is 4.79 Å². The summed E-state index contributed by atoms with van der Waals surface area (Å²) in [6, 6.07) is 13.7. The maximum atomic E-state index is 12.2. The van der Waals surface area contributed by atoms with Gasteiger partial charge in [-0.2, -0.15) is 16.9 Å². The number of nitrogens with one attached hydrogen (secondary N) is 1. The Bertz CT molecular complexity index is 779. The maximum absolute atomic E-state index is 12.2. The van der Waals surface area contributed by atoms with Gasteiger partial charge in [0.2, 0.25) is 0 Å². The van der Waals surface area contributed by atoms with Crippen molar-refractivity contribution in [2.75, 3.05) is 12.3 Å². The molecule has 0 saturated carbocycles. The van der Waals surface area contributed by atoms with Crippen LogP contribution in [0.25, 0.3) is 5.69 Å². The molecule has 124 valence electrons. The zero-order valence-electron chi connectivity index (χ0n) is 13.4. The molecule has 0 aliphatic heterocycles. The maximum Gasteiger partial charge on any atom is 0.251 e. The van der Waals surface area contributed by atoms with E-state index >= 15 is 0 Å². The molecule has 0 fully saturated rings. The number of carbonyl (C=O) groups excluding carboxylic acids is 1. The molecule has 2 heterocycles. The number of aryl methyl sites for hydroxylation is 1. The van der Waals surface area contributed by atoms with Crippen molar-refractivity contribution in [1.29, 1.82) is 0 Å². The minimum atomic E-state index is -0.0320. The minimum Gasteiger partial charge on any atom is -0.351 e. The van der Waals surface area contributed by atoms with E-state index in [0.29, 0.717) is 12.1 Å². The Morgan fingerprint density at radius 2 is 2.08 bits per heavy atom. The van der Waals surface area contributed by atoms with Crippen molar-refractivity contribution in [3.05, 3.63) is 70.2 Å². The van der Waals surface area contributed by atoms with Crippen LogP contribution in [0.4, 0.5) is 0 Å². The van der Waals surface area contributed by atoms with E-state index < -0.39 is 0 Å². The smallest absolute Gasteiger partial charge is 0.251 e. The highest BCUT2D eigenvalue weighted by molar-refractivity contribution is 7.98. The fraction of sp³-hybridized carbons (Fsp3) is 0.222. The van der Waals surface area contributed by atoms with Crippen LogP contribution in [0.2, 0.25) is 0 Å². The molecule has 1 amide bonds. The number of hydrogen-bond acceptors (Lipinski definition) is 4. The van der Waals surface area contributed by atoms with Crippen LogP contribution in [0.3, 0.4) is 0 Å². The molecule has 3 rings (SSSR count). The van der Waals surface area contributed by atoms with Gasteiger partial charge in [-0.05, 0) is 48.7 Å². The van der Waals surface area contributed by atoms with E-state index in [1.807, 2.05) is 53.7 Å². The number of aromatic nitrogens is 2. The molecule has 0 aliphatic carbocycles. The third-order valence-corrected chi connectivity index (χ3v) is 5.63. The van der Waals surface area contributed by atoms with Crippen molar-refractivity contribution in [2.24, 2.45) is 0 Å².